The van der Waals surface area contributed by atoms with Crippen molar-refractivity contribution in [2.75, 3.05) is 4.72 Å². The smallest absolute Gasteiger partial charge is 0.271 e. The lowest BCUT2D eigenvalue weighted by atomic mass is 10.2. The summed E-state index contributed by atoms with van der Waals surface area (Å²) in [4.78, 5) is 10.1. The van der Waals surface area contributed by atoms with E-state index in [1.165, 1.54) is 24.3 Å². The highest BCUT2D eigenvalue weighted by Gasteiger charge is 2.13. The standard InChI is InChI=1S/C13H12N2O4S/c16-15(17)13-8-4-7-12(9-13)14-20(18,19)10-11-5-2-1-3-6-11/h1-9,14H,10H2. The fraction of sp³-hybridized carbons (Fsp3) is 0.0769. The van der Waals surface area contributed by atoms with Crippen molar-refractivity contribution in [3.63, 3.8) is 0 Å². The third-order valence-electron chi connectivity index (χ3n) is 2.53. The van der Waals surface area contributed by atoms with Crippen molar-refractivity contribution in [1.29, 1.82) is 0 Å². The molecule has 0 amide bonds. The highest BCUT2D eigenvalue weighted by molar-refractivity contribution is 7.91. The van der Waals surface area contributed by atoms with Crippen LogP contribution in [-0.2, 0) is 15.8 Å². The van der Waals surface area contributed by atoms with Crippen molar-refractivity contribution in [2.24, 2.45) is 0 Å². The molecule has 0 aliphatic rings. The molecule has 7 heteroatoms. The van der Waals surface area contributed by atoms with Gasteiger partial charge < -0.3 is 0 Å². The second-order valence-corrected chi connectivity index (χ2v) is 5.88. The van der Waals surface area contributed by atoms with Crippen LogP contribution in [0.3, 0.4) is 0 Å². The number of anilines is 1. The summed E-state index contributed by atoms with van der Waals surface area (Å²) in [6, 6.07) is 14.1. The summed E-state index contributed by atoms with van der Waals surface area (Å²) in [5.41, 5.74) is 0.658. The van der Waals surface area contributed by atoms with Crippen LogP contribution >= 0.6 is 0 Å². The van der Waals surface area contributed by atoms with Crippen LogP contribution in [0, 0.1) is 10.1 Å². The molecule has 2 aromatic carbocycles. The van der Waals surface area contributed by atoms with Gasteiger partial charge in [-0.2, -0.15) is 0 Å². The molecular weight excluding hydrogens is 280 g/mol. The summed E-state index contributed by atoms with van der Waals surface area (Å²) in [7, 11) is -3.60. The fourth-order valence-electron chi connectivity index (χ4n) is 1.69. The first-order valence-electron chi connectivity index (χ1n) is 5.75. The SMILES string of the molecule is O=[N+]([O-])c1cccc(NS(=O)(=O)Cc2ccccc2)c1. The van der Waals surface area contributed by atoms with E-state index in [1.807, 2.05) is 0 Å². The summed E-state index contributed by atoms with van der Waals surface area (Å²) >= 11 is 0. The van der Waals surface area contributed by atoms with Gasteiger partial charge in [0.15, 0.2) is 0 Å². The van der Waals surface area contributed by atoms with E-state index < -0.39 is 14.9 Å². The number of nitro benzene ring substituents is 1. The number of hydrogen-bond acceptors (Lipinski definition) is 4. The van der Waals surface area contributed by atoms with Gasteiger partial charge in [0.2, 0.25) is 10.0 Å². The van der Waals surface area contributed by atoms with Gasteiger partial charge in [-0.3, -0.25) is 14.8 Å². The molecule has 0 aliphatic heterocycles. The molecule has 0 saturated heterocycles. The van der Waals surface area contributed by atoms with Crippen LogP contribution in [0.15, 0.2) is 54.6 Å². The van der Waals surface area contributed by atoms with Crippen LogP contribution in [0.5, 0.6) is 0 Å². The van der Waals surface area contributed by atoms with Crippen LogP contribution in [0.1, 0.15) is 5.56 Å². The van der Waals surface area contributed by atoms with Crippen LogP contribution < -0.4 is 4.72 Å². The van der Waals surface area contributed by atoms with Crippen LogP contribution in [0.25, 0.3) is 0 Å². The lowest BCUT2D eigenvalue weighted by Gasteiger charge is -2.07. The third kappa shape index (κ3) is 3.79. The average Bonchev–Trinajstić information content (AvgIpc) is 2.39. The van der Waals surface area contributed by atoms with Gasteiger partial charge in [0.1, 0.15) is 0 Å². The summed E-state index contributed by atoms with van der Waals surface area (Å²) < 4.78 is 26.3. The van der Waals surface area contributed by atoms with E-state index in [0.29, 0.717) is 5.56 Å². The molecule has 6 nitrogen and oxygen atoms in total. The molecule has 2 aromatic rings. The highest BCUT2D eigenvalue weighted by Crippen LogP contribution is 2.19. The highest BCUT2D eigenvalue weighted by atomic mass is 32.2. The summed E-state index contributed by atoms with van der Waals surface area (Å²) in [6.07, 6.45) is 0. The number of nitrogens with zero attached hydrogens (tertiary/aromatic N) is 1. The molecule has 20 heavy (non-hydrogen) atoms. The van der Waals surface area contributed by atoms with Crippen molar-refractivity contribution in [3.05, 3.63) is 70.3 Å². The zero-order chi connectivity index (χ0) is 14.6. The predicted octanol–water partition coefficient (Wildman–Crippen LogP) is 2.54. The second-order valence-electron chi connectivity index (χ2n) is 4.15. The van der Waals surface area contributed by atoms with Crippen LogP contribution in [0.2, 0.25) is 0 Å². The molecule has 0 unspecified atom stereocenters. The first-order valence-corrected chi connectivity index (χ1v) is 7.40. The van der Waals surface area contributed by atoms with Gasteiger partial charge in [-0.15, -0.1) is 0 Å². The van der Waals surface area contributed by atoms with E-state index >= 15 is 0 Å². The zero-order valence-electron chi connectivity index (χ0n) is 10.4. The predicted molar refractivity (Wildman–Crippen MR) is 75.8 cm³/mol. The molecule has 2 rings (SSSR count). The molecule has 0 fully saturated rings. The van der Waals surface area contributed by atoms with E-state index in [2.05, 4.69) is 4.72 Å². The number of nitrogens with one attached hydrogen (secondary N) is 1. The minimum Gasteiger partial charge on any atom is -0.283 e. The number of rotatable bonds is 5. The molecule has 104 valence electrons. The van der Waals surface area contributed by atoms with Gasteiger partial charge in [0.05, 0.1) is 16.4 Å². The van der Waals surface area contributed by atoms with Gasteiger partial charge in [0.25, 0.3) is 5.69 Å². The molecule has 0 heterocycles. The van der Waals surface area contributed by atoms with E-state index in [1.54, 1.807) is 30.3 Å². The number of hydrogen-bond donors (Lipinski definition) is 1. The Bertz CT molecular complexity index is 714. The number of benzene rings is 2. The number of sulfonamides is 1. The van der Waals surface area contributed by atoms with Gasteiger partial charge in [-0.25, -0.2) is 8.42 Å². The maximum absolute atomic E-state index is 12.0. The van der Waals surface area contributed by atoms with Gasteiger partial charge >= 0.3 is 0 Å². The van der Waals surface area contributed by atoms with E-state index in [-0.39, 0.29) is 17.1 Å². The molecular formula is C13H12N2O4S. The summed E-state index contributed by atoms with van der Waals surface area (Å²) in [5.74, 6) is -0.184. The average molecular weight is 292 g/mol. The molecule has 0 aromatic heterocycles. The minimum absolute atomic E-state index is 0.162. The Morgan fingerprint density at radius 1 is 1.05 bits per heavy atom. The Kier molecular flexibility index (Phi) is 3.99. The summed E-state index contributed by atoms with van der Waals surface area (Å²) in [6.45, 7) is 0. The van der Waals surface area contributed by atoms with E-state index in [0.717, 1.165) is 0 Å². The Hall–Kier alpha value is -2.41. The van der Waals surface area contributed by atoms with Crippen molar-refractivity contribution >= 4 is 21.4 Å². The van der Waals surface area contributed by atoms with Crippen LogP contribution in [-0.4, -0.2) is 13.3 Å². The molecule has 0 atom stereocenters. The van der Waals surface area contributed by atoms with Gasteiger partial charge in [-0.1, -0.05) is 36.4 Å². The van der Waals surface area contributed by atoms with Crippen molar-refractivity contribution in [3.8, 4) is 0 Å². The Balaban J connectivity index is 2.16. The maximum atomic E-state index is 12.0. The normalized spacial score (nSPS) is 11.0. The third-order valence-corrected chi connectivity index (χ3v) is 3.79. The Labute approximate surface area is 116 Å². The van der Waals surface area contributed by atoms with E-state index in [9.17, 15) is 18.5 Å². The maximum Gasteiger partial charge on any atom is 0.271 e. The Morgan fingerprint density at radius 3 is 2.40 bits per heavy atom. The lowest BCUT2D eigenvalue weighted by molar-refractivity contribution is -0.384. The number of nitro groups is 1. The molecule has 1 N–H and O–H groups in total. The summed E-state index contributed by atoms with van der Waals surface area (Å²) in [5, 5.41) is 10.6. The van der Waals surface area contributed by atoms with Gasteiger partial charge in [-0.05, 0) is 11.6 Å². The fourth-order valence-corrected chi connectivity index (χ4v) is 2.88. The minimum atomic E-state index is -3.60. The molecule has 0 bridgehead atoms. The van der Waals surface area contributed by atoms with Crippen molar-refractivity contribution in [1.82, 2.24) is 0 Å². The van der Waals surface area contributed by atoms with E-state index in [4.69, 9.17) is 0 Å². The Morgan fingerprint density at radius 2 is 1.75 bits per heavy atom. The molecule has 0 saturated carbocycles. The zero-order valence-corrected chi connectivity index (χ0v) is 11.2. The second kappa shape index (κ2) is 5.70. The first-order chi connectivity index (χ1) is 9.46. The molecule has 0 radical (unpaired) electrons. The lowest BCUT2D eigenvalue weighted by Crippen LogP contribution is -2.15. The van der Waals surface area contributed by atoms with Crippen molar-refractivity contribution < 1.29 is 13.3 Å². The van der Waals surface area contributed by atoms with Crippen LogP contribution in [0.4, 0.5) is 11.4 Å². The first kappa shape index (κ1) is 14.0. The molecule has 0 spiro atoms. The number of non-ortho nitro benzene ring substituents is 1. The monoisotopic (exact) mass is 292 g/mol. The molecule has 0 aliphatic carbocycles. The quantitative estimate of drug-likeness (QED) is 0.677. The van der Waals surface area contributed by atoms with Gasteiger partial charge in [0, 0.05) is 12.1 Å². The topological polar surface area (TPSA) is 89.3 Å². The van der Waals surface area contributed by atoms with Crippen molar-refractivity contribution in [2.45, 2.75) is 5.75 Å². The largest absolute Gasteiger partial charge is 0.283 e.